The van der Waals surface area contributed by atoms with Crippen LogP contribution in [0.1, 0.15) is 73.9 Å². The number of amides is 1. The van der Waals surface area contributed by atoms with Gasteiger partial charge in [-0.25, -0.2) is 13.1 Å². The van der Waals surface area contributed by atoms with Crippen LogP contribution in [0.25, 0.3) is 0 Å². The van der Waals surface area contributed by atoms with E-state index in [0.717, 1.165) is 55.2 Å². The number of aryl methyl sites for hydroxylation is 1. The second-order valence-electron chi connectivity index (χ2n) is 13.0. The van der Waals surface area contributed by atoms with E-state index in [1.54, 1.807) is 18.2 Å². The van der Waals surface area contributed by atoms with Crippen LogP contribution in [-0.2, 0) is 37.3 Å². The Hall–Kier alpha value is -2.92. The van der Waals surface area contributed by atoms with Gasteiger partial charge in [-0.05, 0) is 111 Å². The highest BCUT2D eigenvalue weighted by Crippen LogP contribution is 2.46. The summed E-state index contributed by atoms with van der Waals surface area (Å²) >= 11 is 6.34. The number of hydrogen-bond donors (Lipinski definition) is 1. The number of allylic oxidation sites excluding steroid dienone is 1. The van der Waals surface area contributed by atoms with Gasteiger partial charge in [0.1, 0.15) is 18.0 Å². The van der Waals surface area contributed by atoms with Gasteiger partial charge in [0.05, 0.1) is 10.9 Å². The number of nitrogens with zero attached hydrogens (tertiary/aromatic N) is 1. The summed E-state index contributed by atoms with van der Waals surface area (Å²) in [4.78, 5) is 28.7. The number of rotatable bonds is 6. The first-order valence-corrected chi connectivity index (χ1v) is 18.6. The van der Waals surface area contributed by atoms with Gasteiger partial charge >= 0.3 is 0 Å². The van der Waals surface area contributed by atoms with Gasteiger partial charge in [-0.1, -0.05) is 30.7 Å². The molecule has 256 valence electrons. The molecule has 0 spiro atoms. The Kier molecular flexibility index (Phi) is 11.7. The molecular formula is C36H47ClN2O7S. The average molecular weight is 687 g/mol. The third-order valence-corrected chi connectivity index (χ3v) is 12.2. The van der Waals surface area contributed by atoms with Gasteiger partial charge in [0, 0.05) is 49.9 Å². The zero-order chi connectivity index (χ0) is 33.6. The largest absolute Gasteiger partial charge is 0.487 e. The smallest absolute Gasteiger partial charge is 0.264 e. The van der Waals surface area contributed by atoms with E-state index in [4.69, 9.17) is 25.8 Å². The van der Waals surface area contributed by atoms with E-state index in [1.807, 2.05) is 44.2 Å². The number of fused-ring (bicyclic) bond motifs is 3. The molecule has 1 aliphatic carbocycles. The molecule has 3 aliphatic rings. The summed E-state index contributed by atoms with van der Waals surface area (Å²) in [5.41, 5.74) is 2.04. The zero-order valence-electron chi connectivity index (χ0n) is 27.6. The molecule has 2 aromatic rings. The molecule has 0 saturated heterocycles. The summed E-state index contributed by atoms with van der Waals surface area (Å²) in [6.07, 6.45) is 9.65. The summed E-state index contributed by atoms with van der Waals surface area (Å²) in [5, 5.41) is -0.209. The van der Waals surface area contributed by atoms with Gasteiger partial charge in [-0.3, -0.25) is 9.59 Å². The summed E-state index contributed by atoms with van der Waals surface area (Å²) in [6, 6.07) is 11.0. The lowest BCUT2D eigenvalue weighted by Gasteiger charge is -2.48. The number of benzene rings is 2. The van der Waals surface area contributed by atoms with Crippen LogP contribution >= 0.6 is 11.6 Å². The minimum Gasteiger partial charge on any atom is -0.487 e. The highest BCUT2D eigenvalue weighted by molar-refractivity contribution is 7.90. The first-order valence-electron chi connectivity index (χ1n) is 16.7. The number of carbonyl (C=O) groups is 2. The molecular weight excluding hydrogens is 640 g/mol. The lowest BCUT2D eigenvalue weighted by molar-refractivity contribution is -0.140. The number of hydrogen-bond acceptors (Lipinski definition) is 8. The number of ether oxygens (including phenoxy) is 3. The second-order valence-corrected chi connectivity index (χ2v) is 15.4. The van der Waals surface area contributed by atoms with Gasteiger partial charge in [0.2, 0.25) is 10.0 Å². The quantitative estimate of drug-likeness (QED) is 0.286. The summed E-state index contributed by atoms with van der Waals surface area (Å²) in [7, 11) is -2.57. The van der Waals surface area contributed by atoms with Crippen LogP contribution in [0.15, 0.2) is 48.6 Å². The molecule has 1 saturated carbocycles. The van der Waals surface area contributed by atoms with Crippen LogP contribution in [0.2, 0.25) is 5.02 Å². The predicted octanol–water partition coefficient (Wildman–Crippen LogP) is 6.12. The van der Waals surface area contributed by atoms with Crippen molar-refractivity contribution in [3.05, 3.63) is 70.3 Å². The monoisotopic (exact) mass is 686 g/mol. The molecule has 1 N–H and O–H groups in total. The maximum absolute atomic E-state index is 13.7. The number of methoxy groups -OCH3 is 1. The van der Waals surface area contributed by atoms with E-state index in [2.05, 4.69) is 9.62 Å². The highest BCUT2D eigenvalue weighted by atomic mass is 35.5. The Labute approximate surface area is 284 Å². The van der Waals surface area contributed by atoms with E-state index >= 15 is 0 Å². The molecule has 2 bridgehead atoms. The molecule has 1 fully saturated rings. The fraction of sp³-hybridized carbons (Fsp3) is 0.556. The summed E-state index contributed by atoms with van der Waals surface area (Å²) in [5.74, 6) is -0.341. The summed E-state index contributed by atoms with van der Waals surface area (Å²) < 4.78 is 47.7. The number of nitrogens with one attached hydrogen (secondary N) is 1. The van der Waals surface area contributed by atoms with Gasteiger partial charge in [-0.2, -0.15) is 0 Å². The topological polar surface area (TPSA) is 111 Å². The Morgan fingerprint density at radius 2 is 1.98 bits per heavy atom. The van der Waals surface area contributed by atoms with Crippen molar-refractivity contribution in [1.29, 1.82) is 0 Å². The van der Waals surface area contributed by atoms with Crippen LogP contribution in [0.3, 0.4) is 0 Å². The van der Waals surface area contributed by atoms with Crippen LogP contribution < -0.4 is 14.4 Å². The molecule has 0 aromatic heterocycles. The fourth-order valence-corrected chi connectivity index (χ4v) is 9.15. The Morgan fingerprint density at radius 3 is 2.70 bits per heavy atom. The first-order chi connectivity index (χ1) is 22.6. The van der Waals surface area contributed by atoms with Gasteiger partial charge < -0.3 is 19.1 Å². The minimum absolute atomic E-state index is 0.0483. The third-order valence-electron chi connectivity index (χ3n) is 10.0. The van der Waals surface area contributed by atoms with Crippen molar-refractivity contribution in [2.45, 2.75) is 76.3 Å². The van der Waals surface area contributed by atoms with Gasteiger partial charge in [0.15, 0.2) is 6.29 Å². The van der Waals surface area contributed by atoms with Crippen molar-refractivity contribution in [2.75, 3.05) is 38.3 Å². The van der Waals surface area contributed by atoms with Crippen molar-refractivity contribution in [3.8, 4) is 5.75 Å². The second kappa shape index (κ2) is 15.5. The molecule has 5 rings (SSSR count). The maximum atomic E-state index is 13.7. The molecule has 11 heteroatoms. The van der Waals surface area contributed by atoms with E-state index < -0.39 is 26.8 Å². The Bertz CT molecular complexity index is 1560. The first kappa shape index (κ1) is 35.4. The average Bonchev–Trinajstić information content (AvgIpc) is 3.05. The minimum atomic E-state index is -4.09. The van der Waals surface area contributed by atoms with E-state index in [0.29, 0.717) is 43.5 Å². The molecule has 47 heavy (non-hydrogen) atoms. The van der Waals surface area contributed by atoms with Gasteiger partial charge in [0.25, 0.3) is 5.91 Å². The Balaban J connectivity index is 1.59. The zero-order valence-corrected chi connectivity index (χ0v) is 29.2. The SMILES string of the molecule is CCO[C@]1(C=O)/C=C/C[C@H](C)[C@@H](CCOC)S(=O)(=O)NC(=O)c2ccc3c(c2)N(CCCCc2cc(Cl)ccc2CO3)C[C@@H]2CC[C@H]21. The van der Waals surface area contributed by atoms with Crippen molar-refractivity contribution in [3.63, 3.8) is 0 Å². The van der Waals surface area contributed by atoms with Crippen LogP contribution in [0, 0.1) is 17.8 Å². The fourth-order valence-electron chi connectivity index (χ4n) is 7.30. The molecule has 9 nitrogen and oxygen atoms in total. The molecule has 0 radical (unpaired) electrons. The van der Waals surface area contributed by atoms with E-state index in [1.165, 1.54) is 7.11 Å². The summed E-state index contributed by atoms with van der Waals surface area (Å²) in [6.45, 7) is 5.96. The number of sulfonamides is 1. The van der Waals surface area contributed by atoms with Crippen molar-refractivity contribution in [1.82, 2.24) is 4.72 Å². The molecule has 2 aliphatic heterocycles. The Morgan fingerprint density at radius 1 is 1.15 bits per heavy atom. The maximum Gasteiger partial charge on any atom is 0.264 e. The molecule has 5 atom stereocenters. The van der Waals surface area contributed by atoms with Crippen LogP contribution in [-0.4, -0.2) is 64.9 Å². The van der Waals surface area contributed by atoms with Crippen molar-refractivity contribution < 1.29 is 32.2 Å². The lowest BCUT2D eigenvalue weighted by Crippen LogP contribution is -2.52. The highest BCUT2D eigenvalue weighted by Gasteiger charge is 2.48. The molecule has 2 aromatic carbocycles. The number of carbonyl (C=O) groups excluding carboxylic acids is 2. The van der Waals surface area contributed by atoms with Crippen molar-refractivity contribution >= 4 is 39.5 Å². The third kappa shape index (κ3) is 8.04. The van der Waals surface area contributed by atoms with Gasteiger partial charge in [-0.15, -0.1) is 0 Å². The van der Waals surface area contributed by atoms with Crippen molar-refractivity contribution in [2.24, 2.45) is 17.8 Å². The van der Waals surface area contributed by atoms with E-state index in [9.17, 15) is 18.0 Å². The van der Waals surface area contributed by atoms with Crippen LogP contribution in [0.4, 0.5) is 5.69 Å². The standard InChI is InChI=1S/C36H47ClN2O7S/c1-4-46-36(24-40)17-7-8-25(2)34(16-19-44-3)47(42,43)38-35(41)27-12-15-33-32(21-27)39(22-28-11-14-31(28)36)18-6-5-9-26-20-30(37)13-10-29(26)23-45-33/h7,10,12-13,15,17,20-21,24-25,28,31,34H,4-6,8-9,11,14,16,18-19,22-23H2,1-3H3,(H,38,41)/b17-7+/t25-,28-,31+,34+,36-/m0/s1. The molecule has 1 amide bonds. The normalized spacial score (nSPS) is 28.7. The number of anilines is 1. The predicted molar refractivity (Wildman–Crippen MR) is 184 cm³/mol. The number of halogens is 1. The van der Waals surface area contributed by atoms with Crippen LogP contribution in [0.5, 0.6) is 5.75 Å². The lowest BCUT2D eigenvalue weighted by atomic mass is 9.64. The molecule has 2 heterocycles. The van der Waals surface area contributed by atoms with E-state index in [-0.39, 0.29) is 36.3 Å². The molecule has 0 unspecified atom stereocenters. The number of aldehydes is 1.